The Morgan fingerprint density at radius 2 is 1.93 bits per heavy atom. The summed E-state index contributed by atoms with van der Waals surface area (Å²) >= 11 is 0. The van der Waals surface area contributed by atoms with Gasteiger partial charge in [0.15, 0.2) is 0 Å². The van der Waals surface area contributed by atoms with Gasteiger partial charge < -0.3 is 10.0 Å². The molecule has 0 fully saturated rings. The van der Waals surface area contributed by atoms with Crippen molar-refractivity contribution < 1.29 is 9.90 Å². The van der Waals surface area contributed by atoms with Crippen molar-refractivity contribution in [2.24, 2.45) is 0 Å². The minimum Gasteiger partial charge on any atom is -0.480 e. The van der Waals surface area contributed by atoms with E-state index in [-0.39, 0.29) is 6.54 Å². The predicted octanol–water partition coefficient (Wildman–Crippen LogP) is 1.00. The number of hydrogen-bond acceptors (Lipinski definition) is 4. The standard InChI is InChI=1S/C10H15N3O2/c1-4-13(6-9(14)15)10-11-7(2)5-8(3)12-10/h5H,4,6H2,1-3H3,(H,14,15). The number of aromatic nitrogens is 2. The third kappa shape index (κ3) is 3.19. The Bertz CT molecular complexity index is 345. The van der Waals surface area contributed by atoms with Gasteiger partial charge in [-0.3, -0.25) is 4.79 Å². The van der Waals surface area contributed by atoms with E-state index in [0.29, 0.717) is 12.5 Å². The molecule has 0 saturated carbocycles. The summed E-state index contributed by atoms with van der Waals surface area (Å²) in [5, 5.41) is 8.72. The molecule has 82 valence electrons. The Hall–Kier alpha value is -1.65. The number of nitrogens with zero attached hydrogens (tertiary/aromatic N) is 3. The third-order valence-electron chi connectivity index (χ3n) is 1.96. The van der Waals surface area contributed by atoms with E-state index >= 15 is 0 Å². The van der Waals surface area contributed by atoms with Crippen LogP contribution in [0.4, 0.5) is 5.95 Å². The van der Waals surface area contributed by atoms with Gasteiger partial charge in [-0.15, -0.1) is 0 Å². The maximum absolute atomic E-state index is 10.6. The zero-order valence-electron chi connectivity index (χ0n) is 9.19. The lowest BCUT2D eigenvalue weighted by Gasteiger charge is -2.18. The summed E-state index contributed by atoms with van der Waals surface area (Å²) in [6.45, 7) is 6.12. The molecule has 5 nitrogen and oxygen atoms in total. The molecule has 5 heteroatoms. The van der Waals surface area contributed by atoms with Gasteiger partial charge in [-0.05, 0) is 26.8 Å². The minimum atomic E-state index is -0.875. The van der Waals surface area contributed by atoms with E-state index < -0.39 is 5.97 Å². The highest BCUT2D eigenvalue weighted by Crippen LogP contribution is 2.09. The summed E-state index contributed by atoms with van der Waals surface area (Å²) in [6.07, 6.45) is 0. The second kappa shape index (κ2) is 4.72. The van der Waals surface area contributed by atoms with Gasteiger partial charge in [-0.1, -0.05) is 0 Å². The number of carboxylic acids is 1. The fourth-order valence-corrected chi connectivity index (χ4v) is 1.34. The number of aliphatic carboxylic acids is 1. The maximum Gasteiger partial charge on any atom is 0.323 e. The second-order valence-corrected chi connectivity index (χ2v) is 3.36. The fourth-order valence-electron chi connectivity index (χ4n) is 1.34. The van der Waals surface area contributed by atoms with Crippen molar-refractivity contribution in [2.75, 3.05) is 18.0 Å². The molecule has 0 aliphatic carbocycles. The van der Waals surface area contributed by atoms with E-state index in [1.165, 1.54) is 0 Å². The Morgan fingerprint density at radius 3 is 2.33 bits per heavy atom. The molecule has 0 radical (unpaired) electrons. The Labute approximate surface area is 88.8 Å². The molecule has 0 aromatic carbocycles. The van der Waals surface area contributed by atoms with Crippen LogP contribution in [0.3, 0.4) is 0 Å². The molecule has 1 aromatic heterocycles. The molecule has 15 heavy (non-hydrogen) atoms. The van der Waals surface area contributed by atoms with E-state index in [1.807, 2.05) is 26.8 Å². The van der Waals surface area contributed by atoms with Crippen LogP contribution in [0.25, 0.3) is 0 Å². The van der Waals surface area contributed by atoms with Crippen LogP contribution >= 0.6 is 0 Å². The van der Waals surface area contributed by atoms with Crippen LogP contribution in [0.2, 0.25) is 0 Å². The molecule has 0 atom stereocenters. The zero-order valence-corrected chi connectivity index (χ0v) is 9.19. The van der Waals surface area contributed by atoms with Gasteiger partial charge >= 0.3 is 5.97 Å². The average Bonchev–Trinajstić information content (AvgIpc) is 2.12. The quantitative estimate of drug-likeness (QED) is 0.801. The highest BCUT2D eigenvalue weighted by molar-refractivity contribution is 5.72. The van der Waals surface area contributed by atoms with Crippen LogP contribution in [0, 0.1) is 13.8 Å². The molecule has 0 aliphatic heterocycles. The fraction of sp³-hybridized carbons (Fsp3) is 0.500. The van der Waals surface area contributed by atoms with Crippen LogP contribution in [-0.4, -0.2) is 34.1 Å². The van der Waals surface area contributed by atoms with Gasteiger partial charge in [0.05, 0.1) is 0 Å². The van der Waals surface area contributed by atoms with Crippen LogP contribution in [0.1, 0.15) is 18.3 Å². The molecule has 1 aromatic rings. The summed E-state index contributed by atoms with van der Waals surface area (Å²) in [5.74, 6) is -0.392. The summed E-state index contributed by atoms with van der Waals surface area (Å²) in [6, 6.07) is 1.86. The summed E-state index contributed by atoms with van der Waals surface area (Å²) in [5.41, 5.74) is 1.70. The number of rotatable bonds is 4. The Kier molecular flexibility index (Phi) is 3.60. The first kappa shape index (κ1) is 11.4. The van der Waals surface area contributed by atoms with Crippen molar-refractivity contribution in [1.82, 2.24) is 9.97 Å². The van der Waals surface area contributed by atoms with Gasteiger partial charge in [0.1, 0.15) is 6.54 Å². The second-order valence-electron chi connectivity index (χ2n) is 3.36. The SMILES string of the molecule is CCN(CC(=O)O)c1nc(C)cc(C)n1. The van der Waals surface area contributed by atoms with E-state index in [0.717, 1.165) is 11.4 Å². The smallest absolute Gasteiger partial charge is 0.323 e. The van der Waals surface area contributed by atoms with Crippen molar-refractivity contribution in [3.05, 3.63) is 17.5 Å². The van der Waals surface area contributed by atoms with Gasteiger partial charge in [0, 0.05) is 17.9 Å². The first-order valence-corrected chi connectivity index (χ1v) is 4.82. The van der Waals surface area contributed by atoms with E-state index in [9.17, 15) is 4.79 Å². The maximum atomic E-state index is 10.6. The van der Waals surface area contributed by atoms with Gasteiger partial charge in [-0.2, -0.15) is 0 Å². The highest BCUT2D eigenvalue weighted by Gasteiger charge is 2.11. The molecular formula is C10H15N3O2. The molecule has 0 amide bonds. The van der Waals surface area contributed by atoms with Crippen LogP contribution in [0.5, 0.6) is 0 Å². The van der Waals surface area contributed by atoms with Crippen molar-refractivity contribution in [1.29, 1.82) is 0 Å². The lowest BCUT2D eigenvalue weighted by atomic mass is 10.3. The van der Waals surface area contributed by atoms with Crippen molar-refractivity contribution in [3.8, 4) is 0 Å². The Morgan fingerprint density at radius 1 is 1.40 bits per heavy atom. The molecule has 0 aliphatic rings. The van der Waals surface area contributed by atoms with Gasteiger partial charge in [-0.25, -0.2) is 9.97 Å². The number of hydrogen-bond donors (Lipinski definition) is 1. The van der Waals surface area contributed by atoms with Crippen LogP contribution < -0.4 is 4.90 Å². The number of carbonyl (C=O) groups is 1. The molecule has 0 spiro atoms. The van der Waals surface area contributed by atoms with Crippen molar-refractivity contribution >= 4 is 11.9 Å². The predicted molar refractivity (Wildman–Crippen MR) is 57.0 cm³/mol. The Balaban J connectivity index is 2.95. The topological polar surface area (TPSA) is 66.3 Å². The normalized spacial score (nSPS) is 10.1. The minimum absolute atomic E-state index is 0.0700. The molecule has 1 rings (SSSR count). The first-order chi connectivity index (χ1) is 7.02. The monoisotopic (exact) mass is 209 g/mol. The van der Waals surface area contributed by atoms with Crippen molar-refractivity contribution in [3.63, 3.8) is 0 Å². The number of carboxylic acid groups (broad SMARTS) is 1. The van der Waals surface area contributed by atoms with Crippen LogP contribution in [-0.2, 0) is 4.79 Å². The third-order valence-corrected chi connectivity index (χ3v) is 1.96. The van der Waals surface area contributed by atoms with E-state index in [4.69, 9.17) is 5.11 Å². The molecule has 0 bridgehead atoms. The van der Waals surface area contributed by atoms with Crippen LogP contribution in [0.15, 0.2) is 6.07 Å². The van der Waals surface area contributed by atoms with Gasteiger partial charge in [0.2, 0.25) is 5.95 Å². The first-order valence-electron chi connectivity index (χ1n) is 4.82. The summed E-state index contributed by atoms with van der Waals surface area (Å²) in [4.78, 5) is 20.7. The molecular weight excluding hydrogens is 194 g/mol. The highest BCUT2D eigenvalue weighted by atomic mass is 16.4. The van der Waals surface area contributed by atoms with E-state index in [2.05, 4.69) is 9.97 Å². The average molecular weight is 209 g/mol. The number of aryl methyl sites for hydroxylation is 2. The summed E-state index contributed by atoms with van der Waals surface area (Å²) < 4.78 is 0. The van der Waals surface area contributed by atoms with Crippen molar-refractivity contribution in [2.45, 2.75) is 20.8 Å². The zero-order chi connectivity index (χ0) is 11.4. The molecule has 0 unspecified atom stereocenters. The molecule has 1 heterocycles. The largest absolute Gasteiger partial charge is 0.480 e. The number of anilines is 1. The molecule has 1 N–H and O–H groups in total. The van der Waals surface area contributed by atoms with E-state index in [1.54, 1.807) is 4.90 Å². The van der Waals surface area contributed by atoms with Gasteiger partial charge in [0.25, 0.3) is 0 Å². The lowest BCUT2D eigenvalue weighted by molar-refractivity contribution is -0.135. The number of likely N-dealkylation sites (N-methyl/N-ethyl adjacent to an activating group) is 1. The lowest BCUT2D eigenvalue weighted by Crippen LogP contribution is -2.31. The summed E-state index contributed by atoms with van der Waals surface area (Å²) in [7, 11) is 0. The molecule has 0 saturated heterocycles.